The molecule has 20 heavy (non-hydrogen) atoms. The van der Waals surface area contributed by atoms with Crippen LogP contribution in [0.2, 0.25) is 5.02 Å². The van der Waals surface area contributed by atoms with E-state index < -0.39 is 0 Å². The van der Waals surface area contributed by atoms with Gasteiger partial charge in [-0.15, -0.1) is 0 Å². The standard InChI is InChI=1S/C15H18BrClN2S/c16-13-11(17)5-4-6-12(13)19-14-18-9-15(10-20-14)7-2-1-3-8-15/h4-6H,1-3,7-10H2,(H,18,19). The van der Waals surface area contributed by atoms with Crippen molar-refractivity contribution in [2.24, 2.45) is 10.4 Å². The Labute approximate surface area is 137 Å². The van der Waals surface area contributed by atoms with E-state index in [9.17, 15) is 0 Å². The van der Waals surface area contributed by atoms with Gasteiger partial charge in [-0.2, -0.15) is 0 Å². The highest BCUT2D eigenvalue weighted by Gasteiger charge is 2.34. The molecular formula is C15H18BrClN2S. The summed E-state index contributed by atoms with van der Waals surface area (Å²) in [6, 6.07) is 5.85. The Bertz CT molecular complexity index is 527. The zero-order valence-corrected chi connectivity index (χ0v) is 14.5. The molecule has 5 heteroatoms. The van der Waals surface area contributed by atoms with Crippen molar-refractivity contribution in [3.05, 3.63) is 27.7 Å². The molecule has 1 aliphatic heterocycles. The number of aliphatic imine (C=N–C) groups is 1. The molecule has 1 heterocycles. The predicted octanol–water partition coefficient (Wildman–Crippen LogP) is 5.57. The van der Waals surface area contributed by atoms with Crippen LogP contribution in [-0.4, -0.2) is 17.5 Å². The molecule has 2 nitrogen and oxygen atoms in total. The van der Waals surface area contributed by atoms with Crippen LogP contribution in [-0.2, 0) is 0 Å². The molecule has 0 atom stereocenters. The zero-order chi connectivity index (χ0) is 14.0. The van der Waals surface area contributed by atoms with E-state index in [-0.39, 0.29) is 0 Å². The molecule has 1 N–H and O–H groups in total. The van der Waals surface area contributed by atoms with Crippen LogP contribution < -0.4 is 5.32 Å². The Morgan fingerprint density at radius 1 is 1.25 bits per heavy atom. The van der Waals surface area contributed by atoms with E-state index in [0.717, 1.165) is 26.9 Å². The average Bonchev–Trinajstić information content (AvgIpc) is 2.47. The van der Waals surface area contributed by atoms with Crippen LogP contribution in [0, 0.1) is 5.41 Å². The minimum atomic E-state index is 0.472. The first kappa shape index (κ1) is 14.7. The lowest BCUT2D eigenvalue weighted by atomic mass is 9.75. The minimum absolute atomic E-state index is 0.472. The van der Waals surface area contributed by atoms with Gasteiger partial charge in [0.05, 0.1) is 15.2 Å². The number of hydrogen-bond acceptors (Lipinski definition) is 3. The summed E-state index contributed by atoms with van der Waals surface area (Å²) in [5, 5.41) is 5.13. The molecule has 0 aromatic heterocycles. The van der Waals surface area contributed by atoms with Gasteiger partial charge in [0.15, 0.2) is 5.17 Å². The summed E-state index contributed by atoms with van der Waals surface area (Å²) in [5.41, 5.74) is 1.46. The zero-order valence-electron chi connectivity index (χ0n) is 11.3. The number of nitrogens with one attached hydrogen (secondary N) is 1. The predicted molar refractivity (Wildman–Crippen MR) is 93.1 cm³/mol. The van der Waals surface area contributed by atoms with Crippen molar-refractivity contribution >= 4 is 50.1 Å². The smallest absolute Gasteiger partial charge is 0.161 e. The largest absolute Gasteiger partial charge is 0.334 e. The topological polar surface area (TPSA) is 24.4 Å². The second-order valence-electron chi connectivity index (χ2n) is 5.70. The Balaban J connectivity index is 1.69. The lowest BCUT2D eigenvalue weighted by Crippen LogP contribution is -2.35. The van der Waals surface area contributed by atoms with Crippen LogP contribution in [0.5, 0.6) is 0 Å². The lowest BCUT2D eigenvalue weighted by molar-refractivity contribution is 0.232. The van der Waals surface area contributed by atoms with E-state index >= 15 is 0 Å². The second-order valence-corrected chi connectivity index (χ2v) is 7.86. The Morgan fingerprint density at radius 3 is 2.75 bits per heavy atom. The molecule has 3 rings (SSSR count). The number of thioether (sulfide) groups is 1. The number of anilines is 1. The van der Waals surface area contributed by atoms with Gasteiger partial charge in [0, 0.05) is 12.3 Å². The molecule has 0 amide bonds. The van der Waals surface area contributed by atoms with E-state index in [1.807, 2.05) is 30.0 Å². The molecule has 0 saturated heterocycles. The van der Waals surface area contributed by atoms with Crippen LogP contribution in [0.25, 0.3) is 0 Å². The van der Waals surface area contributed by atoms with Gasteiger partial charge in [-0.3, -0.25) is 4.99 Å². The third-order valence-electron chi connectivity index (χ3n) is 4.18. The number of nitrogens with zero attached hydrogens (tertiary/aromatic N) is 1. The van der Waals surface area contributed by atoms with Gasteiger partial charge in [0.25, 0.3) is 0 Å². The molecule has 1 aliphatic carbocycles. The molecule has 0 radical (unpaired) electrons. The first-order valence-electron chi connectivity index (χ1n) is 7.07. The number of benzene rings is 1. The van der Waals surface area contributed by atoms with E-state index in [2.05, 4.69) is 21.2 Å². The normalized spacial score (nSPS) is 21.6. The molecule has 2 aliphatic rings. The average molecular weight is 374 g/mol. The van der Waals surface area contributed by atoms with Gasteiger partial charge in [0.2, 0.25) is 0 Å². The maximum absolute atomic E-state index is 6.11. The Kier molecular flexibility index (Phi) is 4.63. The van der Waals surface area contributed by atoms with Crippen molar-refractivity contribution in [2.75, 3.05) is 17.6 Å². The second kappa shape index (κ2) is 6.29. The molecule has 1 fully saturated rings. The lowest BCUT2D eigenvalue weighted by Gasteiger charge is -2.38. The van der Waals surface area contributed by atoms with Gasteiger partial charge in [-0.25, -0.2) is 0 Å². The van der Waals surface area contributed by atoms with Crippen molar-refractivity contribution < 1.29 is 0 Å². The van der Waals surface area contributed by atoms with Crippen molar-refractivity contribution in [1.29, 1.82) is 0 Å². The van der Waals surface area contributed by atoms with Gasteiger partial charge < -0.3 is 5.32 Å². The molecule has 1 aromatic carbocycles. The van der Waals surface area contributed by atoms with Crippen LogP contribution in [0.15, 0.2) is 27.7 Å². The van der Waals surface area contributed by atoms with E-state index in [1.54, 1.807) is 0 Å². The summed E-state index contributed by atoms with van der Waals surface area (Å²) in [4.78, 5) is 4.78. The fourth-order valence-electron chi connectivity index (χ4n) is 2.95. The molecule has 1 spiro atoms. The van der Waals surface area contributed by atoms with E-state index in [1.165, 1.54) is 37.9 Å². The SMILES string of the molecule is Clc1cccc(NC2=NCC3(CCCCC3)CS2)c1Br. The molecular weight excluding hydrogens is 356 g/mol. The monoisotopic (exact) mass is 372 g/mol. The van der Waals surface area contributed by atoms with Gasteiger partial charge in [0.1, 0.15) is 0 Å². The van der Waals surface area contributed by atoms with Crippen LogP contribution >= 0.6 is 39.3 Å². The summed E-state index contributed by atoms with van der Waals surface area (Å²) in [5.74, 6) is 1.19. The first-order chi connectivity index (χ1) is 9.69. The fourth-order valence-corrected chi connectivity index (χ4v) is 4.65. The third kappa shape index (κ3) is 3.18. The number of halogens is 2. The highest BCUT2D eigenvalue weighted by atomic mass is 79.9. The Hall–Kier alpha value is -0.190. The van der Waals surface area contributed by atoms with Gasteiger partial charge in [-0.05, 0) is 46.3 Å². The van der Waals surface area contributed by atoms with E-state index in [4.69, 9.17) is 16.6 Å². The molecule has 0 bridgehead atoms. The molecule has 1 aromatic rings. The van der Waals surface area contributed by atoms with Gasteiger partial charge in [-0.1, -0.05) is 48.7 Å². The number of amidine groups is 1. The third-order valence-corrected chi connectivity index (χ3v) is 6.84. The van der Waals surface area contributed by atoms with E-state index in [0.29, 0.717) is 5.41 Å². The van der Waals surface area contributed by atoms with Gasteiger partial charge >= 0.3 is 0 Å². The quantitative estimate of drug-likeness (QED) is 0.696. The van der Waals surface area contributed by atoms with Crippen LogP contribution in [0.4, 0.5) is 5.69 Å². The summed E-state index contributed by atoms with van der Waals surface area (Å²) in [7, 11) is 0. The fraction of sp³-hybridized carbons (Fsp3) is 0.533. The number of hydrogen-bond donors (Lipinski definition) is 1. The van der Waals surface area contributed by atoms with Crippen molar-refractivity contribution in [2.45, 2.75) is 32.1 Å². The molecule has 0 unspecified atom stereocenters. The minimum Gasteiger partial charge on any atom is -0.334 e. The summed E-state index contributed by atoms with van der Waals surface area (Å²) >= 11 is 11.5. The summed E-state index contributed by atoms with van der Waals surface area (Å²) in [6.07, 6.45) is 6.84. The maximum atomic E-state index is 6.11. The number of rotatable bonds is 1. The highest BCUT2D eigenvalue weighted by molar-refractivity contribution is 9.10. The molecule has 108 valence electrons. The Morgan fingerprint density at radius 2 is 2.05 bits per heavy atom. The maximum Gasteiger partial charge on any atom is 0.161 e. The van der Waals surface area contributed by atoms with Crippen LogP contribution in [0.1, 0.15) is 32.1 Å². The van der Waals surface area contributed by atoms with Crippen molar-refractivity contribution in [3.63, 3.8) is 0 Å². The summed E-state index contributed by atoms with van der Waals surface area (Å²) in [6.45, 7) is 0.973. The van der Waals surface area contributed by atoms with Crippen molar-refractivity contribution in [1.82, 2.24) is 0 Å². The molecule has 1 saturated carbocycles. The summed E-state index contributed by atoms with van der Waals surface area (Å²) < 4.78 is 0.905. The van der Waals surface area contributed by atoms with Crippen molar-refractivity contribution in [3.8, 4) is 0 Å². The first-order valence-corrected chi connectivity index (χ1v) is 9.23. The van der Waals surface area contributed by atoms with Crippen LogP contribution in [0.3, 0.4) is 0 Å². The highest BCUT2D eigenvalue weighted by Crippen LogP contribution is 2.42.